The Bertz CT molecular complexity index is 389. The molecule has 178 valence electrons. The fourth-order valence-electron chi connectivity index (χ4n) is 3.03. The molecule has 0 aliphatic heterocycles. The van der Waals surface area contributed by atoms with E-state index >= 15 is 0 Å². The van der Waals surface area contributed by atoms with Crippen LogP contribution in [0.15, 0.2) is 0 Å². The van der Waals surface area contributed by atoms with Gasteiger partial charge in [-0.25, -0.2) is 0 Å². The maximum absolute atomic E-state index is 11.5. The zero-order valence-electron chi connectivity index (χ0n) is 19.5. The van der Waals surface area contributed by atoms with Crippen LogP contribution in [0.3, 0.4) is 0 Å². The molecule has 0 saturated carbocycles. The van der Waals surface area contributed by atoms with E-state index in [1.54, 1.807) is 0 Å². The number of hydrogen-bond acceptors (Lipinski definition) is 5. The number of esters is 1. The zero-order valence-corrected chi connectivity index (χ0v) is 19.5. The highest BCUT2D eigenvalue weighted by Gasteiger charge is 2.09. The monoisotopic (exact) mass is 430 g/mol. The zero-order chi connectivity index (χ0) is 22.3. The summed E-state index contributed by atoms with van der Waals surface area (Å²) in [6.45, 7) is 6.40. The Morgan fingerprint density at radius 3 is 1.77 bits per heavy atom. The minimum atomic E-state index is -0.816. The quantitative estimate of drug-likeness (QED) is 0.117. The molecule has 0 aromatic heterocycles. The number of carbonyl (C=O) groups is 2. The second-order valence-electron chi connectivity index (χ2n) is 7.96. The van der Waals surface area contributed by atoms with Crippen molar-refractivity contribution in [2.45, 2.75) is 123 Å². The molecular weight excluding hydrogens is 384 g/mol. The first kappa shape index (κ1) is 28.9. The van der Waals surface area contributed by atoms with E-state index in [1.165, 1.54) is 25.7 Å². The van der Waals surface area contributed by atoms with Crippen molar-refractivity contribution in [1.29, 1.82) is 0 Å². The molecular formula is C24H46O6. The van der Waals surface area contributed by atoms with Gasteiger partial charge in [-0.05, 0) is 44.9 Å². The van der Waals surface area contributed by atoms with Gasteiger partial charge in [0.05, 0.1) is 6.61 Å². The summed E-state index contributed by atoms with van der Waals surface area (Å²) in [4.78, 5) is 21.9. The van der Waals surface area contributed by atoms with Crippen LogP contribution in [-0.4, -0.2) is 43.2 Å². The average Bonchev–Trinajstić information content (AvgIpc) is 2.72. The second-order valence-corrected chi connectivity index (χ2v) is 7.96. The summed E-state index contributed by atoms with van der Waals surface area (Å²) >= 11 is 0. The van der Waals surface area contributed by atoms with Crippen LogP contribution >= 0.6 is 0 Å². The molecule has 0 aromatic rings. The van der Waals surface area contributed by atoms with Crippen molar-refractivity contribution in [2.75, 3.05) is 19.8 Å². The molecule has 1 N–H and O–H groups in total. The normalized spacial score (nSPS) is 11.2. The second kappa shape index (κ2) is 22.5. The van der Waals surface area contributed by atoms with E-state index in [1.807, 2.05) is 0 Å². The van der Waals surface area contributed by atoms with Gasteiger partial charge in [0.2, 0.25) is 0 Å². The van der Waals surface area contributed by atoms with Crippen LogP contribution in [0.4, 0.5) is 0 Å². The SMILES string of the molecule is CCCCOC(CCCCCCCCCOC(=O)CCCCC(=O)O)OCCCC. The average molecular weight is 431 g/mol. The Morgan fingerprint density at radius 1 is 0.667 bits per heavy atom. The third-order valence-corrected chi connectivity index (χ3v) is 4.97. The predicted octanol–water partition coefficient (Wildman–Crippen LogP) is 6.25. The molecule has 0 aliphatic carbocycles. The third kappa shape index (κ3) is 21.6. The fourth-order valence-corrected chi connectivity index (χ4v) is 3.03. The number of carbonyl (C=O) groups excluding carboxylic acids is 1. The van der Waals surface area contributed by atoms with Crippen LogP contribution in [-0.2, 0) is 23.8 Å². The van der Waals surface area contributed by atoms with Crippen LogP contribution in [0, 0.1) is 0 Å². The van der Waals surface area contributed by atoms with Gasteiger partial charge >= 0.3 is 11.9 Å². The first-order chi connectivity index (χ1) is 14.6. The summed E-state index contributed by atoms with van der Waals surface area (Å²) in [7, 11) is 0. The number of ether oxygens (including phenoxy) is 3. The Balaban J connectivity index is 3.50. The molecule has 0 bridgehead atoms. The third-order valence-electron chi connectivity index (χ3n) is 4.97. The van der Waals surface area contributed by atoms with Gasteiger partial charge in [-0.2, -0.15) is 0 Å². The first-order valence-electron chi connectivity index (χ1n) is 12.2. The van der Waals surface area contributed by atoms with Crippen molar-refractivity contribution in [3.05, 3.63) is 0 Å². The molecule has 0 rings (SSSR count). The Morgan fingerprint density at radius 2 is 1.20 bits per heavy atom. The van der Waals surface area contributed by atoms with Gasteiger partial charge in [0.1, 0.15) is 0 Å². The summed E-state index contributed by atoms with van der Waals surface area (Å²) in [6, 6.07) is 0. The summed E-state index contributed by atoms with van der Waals surface area (Å²) in [5, 5.41) is 8.55. The van der Waals surface area contributed by atoms with Crippen molar-refractivity contribution in [3.8, 4) is 0 Å². The van der Waals surface area contributed by atoms with E-state index in [4.69, 9.17) is 19.3 Å². The number of rotatable bonds is 23. The highest BCUT2D eigenvalue weighted by atomic mass is 16.7. The van der Waals surface area contributed by atoms with Gasteiger partial charge < -0.3 is 19.3 Å². The van der Waals surface area contributed by atoms with Gasteiger partial charge in [0.25, 0.3) is 0 Å². The highest BCUT2D eigenvalue weighted by molar-refractivity contribution is 5.69. The summed E-state index contributed by atoms with van der Waals surface area (Å²) in [5.74, 6) is -1.03. The lowest BCUT2D eigenvalue weighted by Gasteiger charge is -2.18. The standard InChI is InChI=1S/C24H46O6/c1-3-5-19-29-24(30-20-6-4-2)18-12-10-8-7-9-11-15-21-28-23(27)17-14-13-16-22(25)26/h24H,3-21H2,1-2H3,(H,25,26). The lowest BCUT2D eigenvalue weighted by molar-refractivity contribution is -0.147. The molecule has 0 amide bonds. The lowest BCUT2D eigenvalue weighted by atomic mass is 10.1. The van der Waals surface area contributed by atoms with Crippen molar-refractivity contribution in [3.63, 3.8) is 0 Å². The highest BCUT2D eigenvalue weighted by Crippen LogP contribution is 2.13. The summed E-state index contributed by atoms with van der Waals surface area (Å²) in [5.41, 5.74) is 0. The molecule has 0 spiro atoms. The maximum Gasteiger partial charge on any atom is 0.305 e. The van der Waals surface area contributed by atoms with E-state index in [9.17, 15) is 9.59 Å². The molecule has 30 heavy (non-hydrogen) atoms. The first-order valence-corrected chi connectivity index (χ1v) is 12.2. The largest absolute Gasteiger partial charge is 0.481 e. The molecule has 6 nitrogen and oxygen atoms in total. The van der Waals surface area contributed by atoms with E-state index in [0.29, 0.717) is 25.9 Å². The lowest BCUT2D eigenvalue weighted by Crippen LogP contribution is -2.18. The number of unbranched alkanes of at least 4 members (excludes halogenated alkanes) is 9. The van der Waals surface area contributed by atoms with Crippen LogP contribution in [0.1, 0.15) is 117 Å². The summed E-state index contributed by atoms with van der Waals surface area (Å²) in [6.07, 6.45) is 14.9. The molecule has 0 saturated heterocycles. The van der Waals surface area contributed by atoms with E-state index in [-0.39, 0.29) is 18.7 Å². The van der Waals surface area contributed by atoms with Crippen molar-refractivity contribution in [2.24, 2.45) is 0 Å². The molecule has 0 heterocycles. The van der Waals surface area contributed by atoms with Crippen LogP contribution < -0.4 is 0 Å². The van der Waals surface area contributed by atoms with Crippen LogP contribution in [0.5, 0.6) is 0 Å². The Kier molecular flexibility index (Phi) is 21.7. The Labute approximate surface area is 184 Å². The molecule has 0 fully saturated rings. The van der Waals surface area contributed by atoms with E-state index < -0.39 is 5.97 Å². The molecule has 6 heteroatoms. The van der Waals surface area contributed by atoms with Crippen molar-refractivity contribution >= 4 is 11.9 Å². The molecule has 0 unspecified atom stereocenters. The van der Waals surface area contributed by atoms with E-state index in [2.05, 4.69) is 13.8 Å². The van der Waals surface area contributed by atoms with Crippen molar-refractivity contribution in [1.82, 2.24) is 0 Å². The van der Waals surface area contributed by atoms with Crippen LogP contribution in [0.2, 0.25) is 0 Å². The molecule has 0 atom stereocenters. The fraction of sp³-hybridized carbons (Fsp3) is 0.917. The van der Waals surface area contributed by atoms with Gasteiger partial charge in [-0.3, -0.25) is 9.59 Å². The predicted molar refractivity (Wildman–Crippen MR) is 120 cm³/mol. The van der Waals surface area contributed by atoms with Gasteiger partial charge in [0, 0.05) is 26.1 Å². The molecule has 0 aromatic carbocycles. The summed E-state index contributed by atoms with van der Waals surface area (Å²) < 4.78 is 16.9. The topological polar surface area (TPSA) is 82.1 Å². The number of carboxylic acid groups (broad SMARTS) is 1. The van der Waals surface area contributed by atoms with Crippen LogP contribution in [0.25, 0.3) is 0 Å². The minimum absolute atomic E-state index is 0.0399. The number of aliphatic carboxylic acids is 1. The smallest absolute Gasteiger partial charge is 0.305 e. The minimum Gasteiger partial charge on any atom is -0.481 e. The van der Waals surface area contributed by atoms with Gasteiger partial charge in [-0.1, -0.05) is 58.8 Å². The molecule has 0 aliphatic rings. The van der Waals surface area contributed by atoms with Gasteiger partial charge in [-0.15, -0.1) is 0 Å². The van der Waals surface area contributed by atoms with Gasteiger partial charge in [0.15, 0.2) is 6.29 Å². The Hall–Kier alpha value is -1.14. The maximum atomic E-state index is 11.5. The van der Waals surface area contributed by atoms with E-state index in [0.717, 1.165) is 64.6 Å². The molecule has 0 radical (unpaired) electrons. The van der Waals surface area contributed by atoms with Crippen molar-refractivity contribution < 1.29 is 28.9 Å². The number of carboxylic acids is 1. The number of hydrogen-bond donors (Lipinski definition) is 1.